The number of nitrogens with zero attached hydrogens (tertiary/aromatic N) is 14. The molecule has 0 saturated carbocycles. The Hall–Kier alpha value is -13.7. The van der Waals surface area contributed by atoms with Gasteiger partial charge in [0.15, 0.2) is 0 Å². The quantitative estimate of drug-likeness (QED) is 0.133. The van der Waals surface area contributed by atoms with Crippen LogP contribution in [0.1, 0.15) is 67.8 Å². The lowest BCUT2D eigenvalue weighted by atomic mass is 10.0. The molecule has 113 heavy (non-hydrogen) atoms. The molecule has 15 heteroatoms. The molecule has 0 spiro atoms. The summed E-state index contributed by atoms with van der Waals surface area (Å²) in [5.41, 5.74) is 31.9. The number of benzene rings is 3. The average molecular weight is 1500 g/mol. The number of fused-ring (bicyclic) bond motifs is 1. The van der Waals surface area contributed by atoms with Gasteiger partial charge in [0.05, 0.1) is 45.6 Å². The van der Waals surface area contributed by atoms with Crippen LogP contribution >= 0.6 is 11.6 Å². The lowest BCUT2D eigenvalue weighted by Crippen LogP contribution is -1.91. The third kappa shape index (κ3) is 23.9. The molecule has 14 heterocycles. The minimum Gasteiger partial charge on any atom is -0.264 e. The first-order valence-corrected chi connectivity index (χ1v) is 37.5. The number of hydrogen-bond donors (Lipinski definition) is 0. The molecular weight excluding hydrogens is 1410 g/mol. The van der Waals surface area contributed by atoms with Crippen molar-refractivity contribution < 1.29 is 0 Å². The summed E-state index contributed by atoms with van der Waals surface area (Å²) in [6.45, 7) is 24.3. The topological polar surface area (TPSA) is 180 Å². The summed E-state index contributed by atoms with van der Waals surface area (Å²) in [6.07, 6.45) is 22.0. The van der Waals surface area contributed by atoms with Gasteiger partial charge in [-0.2, -0.15) is 0 Å². The van der Waals surface area contributed by atoms with Crippen LogP contribution in [0.2, 0.25) is 5.02 Å². The first-order valence-electron chi connectivity index (χ1n) is 37.2. The fourth-order valence-corrected chi connectivity index (χ4v) is 12.2. The fraction of sp³-hybridized carbons (Fsp3) is 0.122. The highest BCUT2D eigenvalue weighted by Gasteiger charge is 2.10. The van der Waals surface area contributed by atoms with E-state index in [1.54, 1.807) is 37.2 Å². The van der Waals surface area contributed by atoms with Gasteiger partial charge in [0, 0.05) is 175 Å². The molecule has 558 valence electrons. The second-order valence-corrected chi connectivity index (χ2v) is 27.5. The summed E-state index contributed by atoms with van der Waals surface area (Å²) in [6, 6.07) is 83.0. The smallest absolute Gasteiger partial charge is 0.0720 e. The summed E-state index contributed by atoms with van der Waals surface area (Å²) >= 11 is 5.91. The highest BCUT2D eigenvalue weighted by molar-refractivity contribution is 6.30. The summed E-state index contributed by atoms with van der Waals surface area (Å²) in [4.78, 5) is 60.7. The minimum absolute atomic E-state index is 0.732. The maximum Gasteiger partial charge on any atom is 0.0720 e. The molecule has 0 aliphatic rings. The molecule has 0 N–H and O–H groups in total. The molecule has 0 fully saturated rings. The summed E-state index contributed by atoms with van der Waals surface area (Å²) in [5, 5.41) is 3.24. The Morgan fingerprint density at radius 2 is 0.681 bits per heavy atom. The monoisotopic (exact) mass is 1500 g/mol. The van der Waals surface area contributed by atoms with Gasteiger partial charge < -0.3 is 0 Å². The van der Waals surface area contributed by atoms with Crippen molar-refractivity contribution in [2.45, 2.75) is 83.1 Å². The minimum atomic E-state index is 0.732. The maximum absolute atomic E-state index is 5.91. The van der Waals surface area contributed by atoms with Crippen molar-refractivity contribution in [1.29, 1.82) is 0 Å². The van der Waals surface area contributed by atoms with Gasteiger partial charge in [-0.3, -0.25) is 69.8 Å². The number of aryl methyl sites for hydroxylation is 12. The molecule has 17 aromatic rings. The van der Waals surface area contributed by atoms with Gasteiger partial charge in [-0.15, -0.1) is 0 Å². The van der Waals surface area contributed by atoms with E-state index >= 15 is 0 Å². The number of aromatic nitrogens is 14. The van der Waals surface area contributed by atoms with Gasteiger partial charge in [0.25, 0.3) is 0 Å². The van der Waals surface area contributed by atoms with Crippen LogP contribution in [0, 0.1) is 83.1 Å². The van der Waals surface area contributed by atoms with Crippen LogP contribution < -0.4 is 0 Å². The van der Waals surface area contributed by atoms with Crippen LogP contribution in [-0.4, -0.2) is 69.8 Å². The Morgan fingerprint density at radius 3 is 1.19 bits per heavy atom. The second kappa shape index (κ2) is 40.1. The molecule has 14 nitrogen and oxygen atoms in total. The van der Waals surface area contributed by atoms with Gasteiger partial charge in [-0.1, -0.05) is 103 Å². The van der Waals surface area contributed by atoms with Crippen molar-refractivity contribution >= 4 is 22.4 Å². The number of pyridine rings is 14. The van der Waals surface area contributed by atoms with E-state index in [-0.39, 0.29) is 0 Å². The molecule has 17 rings (SSSR count). The number of halogens is 1. The van der Waals surface area contributed by atoms with E-state index in [1.807, 2.05) is 251 Å². The van der Waals surface area contributed by atoms with E-state index in [2.05, 4.69) is 188 Å². The zero-order chi connectivity index (χ0) is 79.4. The fourth-order valence-electron chi connectivity index (χ4n) is 12.1. The van der Waals surface area contributed by atoms with Crippen LogP contribution in [0.25, 0.3) is 112 Å². The average Bonchev–Trinajstić information content (AvgIpc) is 0.810. The first-order chi connectivity index (χ1) is 54.8. The van der Waals surface area contributed by atoms with Crippen molar-refractivity contribution in [2.75, 3.05) is 0 Å². The zero-order valence-corrected chi connectivity index (χ0v) is 66.5. The van der Waals surface area contributed by atoms with E-state index in [0.717, 1.165) is 152 Å². The predicted molar refractivity (Wildman–Crippen MR) is 463 cm³/mol. The maximum atomic E-state index is 5.91. The molecule has 0 atom stereocenters. The molecule has 0 aliphatic carbocycles. The molecule has 0 saturated heterocycles. The Bertz CT molecular complexity index is 5860. The van der Waals surface area contributed by atoms with Crippen molar-refractivity contribution in [3.63, 3.8) is 0 Å². The predicted octanol–water partition coefficient (Wildman–Crippen LogP) is 23.8. The lowest BCUT2D eigenvalue weighted by Gasteiger charge is -2.07. The molecule has 0 radical (unpaired) electrons. The van der Waals surface area contributed by atoms with Crippen LogP contribution in [0.5, 0.6) is 0 Å². The summed E-state index contributed by atoms with van der Waals surface area (Å²) in [5.74, 6) is 0. The van der Waals surface area contributed by atoms with Crippen molar-refractivity contribution in [1.82, 2.24) is 69.8 Å². The molecule has 14 aromatic heterocycles. The van der Waals surface area contributed by atoms with Gasteiger partial charge >= 0.3 is 0 Å². The van der Waals surface area contributed by atoms with E-state index in [1.165, 1.54) is 33.0 Å². The Morgan fingerprint density at radius 1 is 0.212 bits per heavy atom. The normalized spacial score (nSPS) is 10.3. The third-order valence-corrected chi connectivity index (χ3v) is 18.2. The van der Waals surface area contributed by atoms with Crippen LogP contribution in [-0.2, 0) is 0 Å². The third-order valence-electron chi connectivity index (χ3n) is 17.9. The van der Waals surface area contributed by atoms with E-state index < -0.39 is 0 Å². The molecule has 0 aliphatic heterocycles. The molecule has 0 bridgehead atoms. The summed E-state index contributed by atoms with van der Waals surface area (Å²) in [7, 11) is 0. The van der Waals surface area contributed by atoms with Crippen molar-refractivity contribution in [3.05, 3.63) is 396 Å². The van der Waals surface area contributed by atoms with Crippen molar-refractivity contribution in [2.24, 2.45) is 0 Å². The summed E-state index contributed by atoms with van der Waals surface area (Å²) < 4.78 is 0. The van der Waals surface area contributed by atoms with Crippen LogP contribution in [0.3, 0.4) is 0 Å². The number of hydrogen-bond acceptors (Lipinski definition) is 14. The van der Waals surface area contributed by atoms with Gasteiger partial charge in [-0.05, 0) is 279 Å². The van der Waals surface area contributed by atoms with E-state index in [9.17, 15) is 0 Å². The highest BCUT2D eigenvalue weighted by Crippen LogP contribution is 2.30. The Labute approximate surface area is 668 Å². The van der Waals surface area contributed by atoms with E-state index in [4.69, 9.17) is 11.6 Å². The molecule has 0 amide bonds. The molecular formula is C98H89ClN14. The lowest BCUT2D eigenvalue weighted by molar-refractivity contribution is 1.11. The van der Waals surface area contributed by atoms with Crippen LogP contribution in [0.4, 0.5) is 0 Å². The standard InChI is InChI=1S/C22H18N2.C17H13ClN2.C13H14N2.2C12H12N2.2C11H10N2/c1-15-11-21(14-23-16(15)2)22-10-9-20(13-24-22)19-8-7-17-5-3-4-6-18(17)12-19;1-12-10-17(13-5-7-14(18)8-6-13)20-11-15(12)16-4-2-3-9-19-16;1-9-5-4-6-13(15-9)12-7-10(2)14-11(3)8-12;1-9-3-4-12(14-8-9)11-5-6-13-10(2)7-11;1-9-7-11(8-10(2)14-9)12-5-3-4-6-13-12;1-9-8-10(5-7-12-9)11-4-2-3-6-13-11;1-9-5-7-12-8-10(9)11-4-2-3-6-13-11/h3-14H,1-2H3;2-11H,1H3;4-8H,1-3H3;2*3-8H,1-2H3;2*2-8H,1H3. The molecule has 0 unspecified atom stereocenters. The zero-order valence-electron chi connectivity index (χ0n) is 65.7. The Balaban J connectivity index is 0.000000132. The van der Waals surface area contributed by atoms with Gasteiger partial charge in [-0.25, -0.2) is 0 Å². The van der Waals surface area contributed by atoms with Gasteiger partial charge in [0.1, 0.15) is 0 Å². The largest absolute Gasteiger partial charge is 0.264 e. The second-order valence-electron chi connectivity index (χ2n) is 27.1. The van der Waals surface area contributed by atoms with Crippen LogP contribution in [0.15, 0.2) is 323 Å². The first kappa shape index (κ1) is 80.3. The Kier molecular flexibility index (Phi) is 28.5. The van der Waals surface area contributed by atoms with E-state index in [0.29, 0.717) is 0 Å². The SMILES string of the molecule is Cc1cc(-c2ccc(-c3ccc4ccccc4c3)cn2)cnc1C.Cc1cc(-c2ccc(Cl)cc2)ncc1-c1ccccn1.Cc1cc(-c2cccc(C)n2)cc(C)n1.Cc1cc(-c2ccccn2)cc(C)n1.Cc1cc(-c2ccccn2)ccn1.Cc1ccc(-c2ccnc(C)c2)nc1.Cc1ccncc1-c1ccccn1. The highest BCUT2D eigenvalue weighted by atomic mass is 35.5. The van der Waals surface area contributed by atoms with Crippen molar-refractivity contribution in [3.8, 4) is 101 Å². The molecule has 3 aromatic carbocycles. The van der Waals surface area contributed by atoms with Gasteiger partial charge in [0.2, 0.25) is 0 Å². The number of rotatable bonds is 9.